The van der Waals surface area contributed by atoms with Gasteiger partial charge < -0.3 is 0 Å². The van der Waals surface area contributed by atoms with Crippen molar-refractivity contribution >= 4 is 11.3 Å². The van der Waals surface area contributed by atoms with E-state index in [1.165, 1.54) is 38.0 Å². The van der Waals surface area contributed by atoms with Gasteiger partial charge in [0.15, 0.2) is 0 Å². The summed E-state index contributed by atoms with van der Waals surface area (Å²) in [4.78, 5) is 1.57. The van der Waals surface area contributed by atoms with Gasteiger partial charge in [0.25, 0.3) is 0 Å². The Morgan fingerprint density at radius 3 is 2.38 bits per heavy atom. The van der Waals surface area contributed by atoms with Gasteiger partial charge in [0.2, 0.25) is 0 Å². The van der Waals surface area contributed by atoms with Crippen molar-refractivity contribution in [2.24, 2.45) is 0 Å². The Bertz CT molecular complexity index is 313. The molecule has 3 rings (SSSR count). The second-order valence-corrected chi connectivity index (χ2v) is 5.74. The first kappa shape index (κ1) is 10.8. The fraction of sp³-hybridized carbons (Fsp3) is 0.400. The molecular formula is C15H17S. The highest BCUT2D eigenvalue weighted by Crippen LogP contribution is 2.52. The summed E-state index contributed by atoms with van der Waals surface area (Å²) in [5.41, 5.74) is 0.343. The van der Waals surface area contributed by atoms with Gasteiger partial charge >= 0.3 is 0 Å². The number of thiophene rings is 1. The minimum Gasteiger partial charge on any atom is -0.148 e. The largest absolute Gasteiger partial charge is 0.148 e. The van der Waals surface area contributed by atoms with E-state index in [1.807, 2.05) is 11.3 Å². The van der Waals surface area contributed by atoms with E-state index in [0.29, 0.717) is 5.41 Å². The molecule has 83 valence electrons. The lowest BCUT2D eigenvalue weighted by molar-refractivity contribution is 0.324. The SMILES string of the molecule is [CH]1[CH][CH][C](C2(c3cccs3)CCCCC2)[CH]1. The molecule has 0 bridgehead atoms. The molecule has 2 aliphatic carbocycles. The van der Waals surface area contributed by atoms with Crippen LogP contribution in [0.1, 0.15) is 37.0 Å². The Balaban J connectivity index is 1.92. The quantitative estimate of drug-likeness (QED) is 0.707. The van der Waals surface area contributed by atoms with Gasteiger partial charge in [-0.25, -0.2) is 0 Å². The van der Waals surface area contributed by atoms with Gasteiger partial charge in [-0.2, -0.15) is 0 Å². The van der Waals surface area contributed by atoms with Gasteiger partial charge in [-0.15, -0.1) is 11.3 Å². The average molecular weight is 229 g/mol. The molecule has 0 spiro atoms. The normalized spacial score (nSPS) is 26.0. The van der Waals surface area contributed by atoms with Crippen LogP contribution >= 0.6 is 11.3 Å². The van der Waals surface area contributed by atoms with E-state index >= 15 is 0 Å². The van der Waals surface area contributed by atoms with Crippen molar-refractivity contribution in [3.05, 3.63) is 54.0 Å². The second-order valence-electron chi connectivity index (χ2n) is 4.79. The van der Waals surface area contributed by atoms with E-state index in [1.54, 1.807) is 4.88 Å². The maximum atomic E-state index is 2.32. The Labute approximate surface area is 103 Å². The minimum absolute atomic E-state index is 0.343. The van der Waals surface area contributed by atoms with E-state index in [-0.39, 0.29) is 0 Å². The molecule has 0 nitrogen and oxygen atoms in total. The highest BCUT2D eigenvalue weighted by Gasteiger charge is 2.43. The zero-order valence-corrected chi connectivity index (χ0v) is 10.3. The third kappa shape index (κ3) is 1.73. The summed E-state index contributed by atoms with van der Waals surface area (Å²) in [7, 11) is 0. The van der Waals surface area contributed by atoms with Crippen LogP contribution < -0.4 is 0 Å². The van der Waals surface area contributed by atoms with E-state index in [2.05, 4.69) is 43.2 Å². The van der Waals surface area contributed by atoms with Crippen LogP contribution in [0.25, 0.3) is 0 Å². The van der Waals surface area contributed by atoms with Gasteiger partial charge in [0.05, 0.1) is 0 Å². The Morgan fingerprint density at radius 1 is 1.00 bits per heavy atom. The standard InChI is InChI=1S/C15H17S/c1-4-10-15(11-5-1,13-7-2-3-8-13)14-9-6-12-16-14/h2-3,6-9,12H,1,4-5,10-11H2. The third-order valence-corrected chi connectivity index (χ3v) is 4.99. The summed E-state index contributed by atoms with van der Waals surface area (Å²) < 4.78 is 0. The van der Waals surface area contributed by atoms with Crippen molar-refractivity contribution in [1.82, 2.24) is 0 Å². The molecular weight excluding hydrogens is 212 g/mol. The molecule has 0 aliphatic heterocycles. The Morgan fingerprint density at radius 2 is 1.75 bits per heavy atom. The molecule has 0 unspecified atom stereocenters. The van der Waals surface area contributed by atoms with Crippen LogP contribution in [0.2, 0.25) is 0 Å². The van der Waals surface area contributed by atoms with Crippen LogP contribution in [0.4, 0.5) is 0 Å². The summed E-state index contributed by atoms with van der Waals surface area (Å²) in [6, 6.07) is 4.52. The molecule has 5 radical (unpaired) electrons. The van der Waals surface area contributed by atoms with Crippen LogP contribution in [-0.2, 0) is 5.41 Å². The molecule has 2 saturated carbocycles. The van der Waals surface area contributed by atoms with E-state index in [9.17, 15) is 0 Å². The maximum Gasteiger partial charge on any atom is 0.0115 e. The van der Waals surface area contributed by atoms with Crippen LogP contribution in [0.5, 0.6) is 0 Å². The maximum absolute atomic E-state index is 2.32. The number of hydrogen-bond acceptors (Lipinski definition) is 1. The number of hydrogen-bond donors (Lipinski definition) is 0. The molecule has 1 aromatic rings. The first-order valence-electron chi connectivity index (χ1n) is 6.18. The van der Waals surface area contributed by atoms with E-state index in [0.717, 1.165) is 0 Å². The van der Waals surface area contributed by atoms with Gasteiger partial charge in [-0.1, -0.05) is 25.3 Å². The van der Waals surface area contributed by atoms with Crippen LogP contribution in [-0.4, -0.2) is 0 Å². The van der Waals surface area contributed by atoms with Crippen molar-refractivity contribution in [1.29, 1.82) is 0 Å². The minimum atomic E-state index is 0.343. The summed E-state index contributed by atoms with van der Waals surface area (Å²) in [5.74, 6) is 1.54. The van der Waals surface area contributed by atoms with Crippen molar-refractivity contribution in [2.45, 2.75) is 37.5 Å². The molecule has 1 heteroatoms. The smallest absolute Gasteiger partial charge is 0.0115 e. The molecule has 2 aliphatic rings. The van der Waals surface area contributed by atoms with Crippen LogP contribution in [0, 0.1) is 31.6 Å². The monoisotopic (exact) mass is 229 g/mol. The molecule has 16 heavy (non-hydrogen) atoms. The van der Waals surface area contributed by atoms with Gasteiger partial charge in [-0.05, 0) is 55.9 Å². The van der Waals surface area contributed by atoms with E-state index < -0.39 is 0 Å². The zero-order chi connectivity index (χ0) is 10.8. The lowest BCUT2D eigenvalue weighted by Crippen LogP contribution is -2.34. The molecule has 0 atom stereocenters. The molecule has 0 saturated heterocycles. The lowest BCUT2D eigenvalue weighted by atomic mass is 9.64. The Hall–Kier alpha value is -0.300. The Kier molecular flexibility index (Phi) is 3.06. The third-order valence-electron chi connectivity index (χ3n) is 3.92. The van der Waals surface area contributed by atoms with Gasteiger partial charge in [-0.3, -0.25) is 0 Å². The van der Waals surface area contributed by atoms with Gasteiger partial charge in [0, 0.05) is 10.3 Å². The predicted octanol–water partition coefficient (Wildman–Crippen LogP) is 4.36. The van der Waals surface area contributed by atoms with Crippen molar-refractivity contribution in [2.75, 3.05) is 0 Å². The number of rotatable bonds is 2. The zero-order valence-electron chi connectivity index (χ0n) is 9.49. The molecule has 1 aromatic heterocycles. The molecule has 1 heterocycles. The molecule has 2 fully saturated rings. The van der Waals surface area contributed by atoms with Crippen molar-refractivity contribution in [3.63, 3.8) is 0 Å². The predicted molar refractivity (Wildman–Crippen MR) is 69.5 cm³/mol. The van der Waals surface area contributed by atoms with Gasteiger partial charge in [0.1, 0.15) is 0 Å². The molecule has 0 aromatic carbocycles. The molecule has 0 amide bonds. The van der Waals surface area contributed by atoms with Crippen LogP contribution in [0.15, 0.2) is 17.5 Å². The second kappa shape index (κ2) is 4.52. The summed E-state index contributed by atoms with van der Waals surface area (Å²) >= 11 is 1.93. The fourth-order valence-corrected chi connectivity index (χ4v) is 4.09. The summed E-state index contributed by atoms with van der Waals surface area (Å²) in [6.45, 7) is 0. The highest BCUT2D eigenvalue weighted by molar-refractivity contribution is 7.10. The highest BCUT2D eigenvalue weighted by atomic mass is 32.1. The fourth-order valence-electron chi connectivity index (χ4n) is 3.08. The van der Waals surface area contributed by atoms with Crippen molar-refractivity contribution < 1.29 is 0 Å². The first-order chi connectivity index (χ1) is 7.92. The lowest BCUT2D eigenvalue weighted by Gasteiger charge is -2.41. The van der Waals surface area contributed by atoms with Crippen molar-refractivity contribution in [3.8, 4) is 0 Å². The van der Waals surface area contributed by atoms with Crippen LogP contribution in [0.3, 0.4) is 0 Å². The van der Waals surface area contributed by atoms with E-state index in [4.69, 9.17) is 0 Å². The first-order valence-corrected chi connectivity index (χ1v) is 7.06. The topological polar surface area (TPSA) is 0 Å². The summed E-state index contributed by atoms with van der Waals surface area (Å²) in [5, 5.41) is 2.22. The molecule has 0 N–H and O–H groups in total. The summed E-state index contributed by atoms with van der Waals surface area (Å²) in [6.07, 6.45) is 15.8. The average Bonchev–Trinajstić information content (AvgIpc) is 3.04.